The molecule has 22 heavy (non-hydrogen) atoms. The number of aliphatic hydroxyl groups is 1. The third-order valence-corrected chi connectivity index (χ3v) is 3.73. The molecule has 1 atom stereocenters. The lowest BCUT2D eigenvalue weighted by Crippen LogP contribution is -2.12. The number of epoxide rings is 1. The van der Waals surface area contributed by atoms with Gasteiger partial charge in [0.05, 0.1) is 25.2 Å². The zero-order valence-electron chi connectivity index (χ0n) is 14.6. The molecule has 1 heterocycles. The highest BCUT2D eigenvalue weighted by atomic mass is 16.6. The minimum absolute atomic E-state index is 0.0182. The van der Waals surface area contributed by atoms with Crippen LogP contribution in [0.15, 0.2) is 59.1 Å². The van der Waals surface area contributed by atoms with Crippen molar-refractivity contribution in [1.29, 1.82) is 0 Å². The van der Waals surface area contributed by atoms with Crippen molar-refractivity contribution in [3.63, 3.8) is 0 Å². The van der Waals surface area contributed by atoms with Gasteiger partial charge in [0.2, 0.25) is 0 Å². The topological polar surface area (TPSA) is 42.0 Å². The highest BCUT2D eigenvalue weighted by molar-refractivity contribution is 5.56. The van der Waals surface area contributed by atoms with Crippen molar-refractivity contribution < 1.29 is 14.6 Å². The Morgan fingerprint density at radius 1 is 1.32 bits per heavy atom. The molecule has 1 rings (SSSR count). The van der Waals surface area contributed by atoms with E-state index in [-0.39, 0.29) is 17.3 Å². The van der Waals surface area contributed by atoms with Gasteiger partial charge in [-0.3, -0.25) is 0 Å². The molecule has 0 aromatic rings. The quantitative estimate of drug-likeness (QED) is 0.433. The molecule has 0 spiro atoms. The van der Waals surface area contributed by atoms with Gasteiger partial charge in [0.25, 0.3) is 0 Å². The van der Waals surface area contributed by atoms with E-state index in [0.717, 1.165) is 22.5 Å². The second-order valence-electron chi connectivity index (χ2n) is 6.53. The number of aliphatic hydroxyl groups excluding tert-OH is 1. The number of methoxy groups -OCH3 is 1. The molecule has 122 valence electrons. The fourth-order valence-corrected chi connectivity index (χ4v) is 2.32. The summed E-state index contributed by atoms with van der Waals surface area (Å²) in [4.78, 5) is 0. The van der Waals surface area contributed by atoms with Crippen LogP contribution in [0.5, 0.6) is 0 Å². The predicted molar refractivity (Wildman–Crippen MR) is 91.7 cm³/mol. The Labute approximate surface area is 134 Å². The van der Waals surface area contributed by atoms with Crippen LogP contribution in [-0.2, 0) is 9.47 Å². The van der Waals surface area contributed by atoms with E-state index in [1.807, 2.05) is 13.0 Å². The molecule has 0 saturated carbocycles. The molecule has 1 aliphatic heterocycles. The summed E-state index contributed by atoms with van der Waals surface area (Å²) in [6, 6.07) is 0. The van der Waals surface area contributed by atoms with Gasteiger partial charge in [-0.1, -0.05) is 40.0 Å². The van der Waals surface area contributed by atoms with E-state index in [9.17, 15) is 5.11 Å². The third-order valence-electron chi connectivity index (χ3n) is 3.73. The van der Waals surface area contributed by atoms with E-state index >= 15 is 0 Å². The van der Waals surface area contributed by atoms with Crippen molar-refractivity contribution in [1.82, 2.24) is 0 Å². The first kappa shape index (κ1) is 18.3. The molecule has 0 aliphatic carbocycles. The highest BCUT2D eigenvalue weighted by Crippen LogP contribution is 2.36. The summed E-state index contributed by atoms with van der Waals surface area (Å²) in [5, 5.41) is 9.98. The maximum absolute atomic E-state index is 9.98. The van der Waals surface area contributed by atoms with E-state index in [0.29, 0.717) is 12.2 Å². The fraction of sp³-hybridized carbons (Fsp3) is 0.474. The van der Waals surface area contributed by atoms with E-state index in [1.54, 1.807) is 20.1 Å². The Hall–Kier alpha value is -1.74. The van der Waals surface area contributed by atoms with E-state index in [2.05, 4.69) is 33.9 Å². The predicted octanol–water partition coefficient (Wildman–Crippen LogP) is 4.85. The van der Waals surface area contributed by atoms with Crippen LogP contribution in [0.4, 0.5) is 0 Å². The molecule has 1 aliphatic rings. The maximum atomic E-state index is 9.98. The van der Waals surface area contributed by atoms with Crippen LogP contribution in [-0.4, -0.2) is 24.9 Å². The minimum atomic E-state index is -0.105. The molecule has 0 radical (unpaired) electrons. The number of ether oxygens (including phenoxy) is 2. The van der Waals surface area contributed by atoms with Crippen molar-refractivity contribution in [3.8, 4) is 0 Å². The van der Waals surface area contributed by atoms with Gasteiger partial charge >= 0.3 is 0 Å². The molecule has 0 bridgehead atoms. The summed E-state index contributed by atoms with van der Waals surface area (Å²) in [5.41, 5.74) is 3.32. The maximum Gasteiger partial charge on any atom is 0.106 e. The molecular weight excluding hydrogens is 276 g/mol. The van der Waals surface area contributed by atoms with Crippen LogP contribution < -0.4 is 0 Å². The van der Waals surface area contributed by atoms with Crippen LogP contribution in [0.1, 0.15) is 34.6 Å². The summed E-state index contributed by atoms with van der Waals surface area (Å²) in [6.45, 7) is 18.6. The smallest absolute Gasteiger partial charge is 0.106 e. The van der Waals surface area contributed by atoms with Crippen molar-refractivity contribution >= 4 is 0 Å². The Balaban J connectivity index is 3.51. The van der Waals surface area contributed by atoms with E-state index in [4.69, 9.17) is 9.47 Å². The molecule has 3 nitrogen and oxygen atoms in total. The average Bonchev–Trinajstić information content (AvgIpc) is 3.24. The normalized spacial score (nSPS) is 20.8. The Kier molecular flexibility index (Phi) is 5.84. The van der Waals surface area contributed by atoms with Crippen LogP contribution in [0.2, 0.25) is 0 Å². The van der Waals surface area contributed by atoms with Crippen molar-refractivity contribution in [2.24, 2.45) is 5.41 Å². The van der Waals surface area contributed by atoms with Crippen LogP contribution >= 0.6 is 0 Å². The first-order valence-corrected chi connectivity index (χ1v) is 7.44. The molecule has 1 fully saturated rings. The van der Waals surface area contributed by atoms with Crippen molar-refractivity contribution in [2.45, 2.75) is 40.7 Å². The van der Waals surface area contributed by atoms with E-state index in [1.165, 1.54) is 0 Å². The average molecular weight is 304 g/mol. The monoisotopic (exact) mass is 304 g/mol. The summed E-state index contributed by atoms with van der Waals surface area (Å²) >= 11 is 0. The second kappa shape index (κ2) is 7.01. The Morgan fingerprint density at radius 3 is 2.18 bits per heavy atom. The van der Waals surface area contributed by atoms with Crippen molar-refractivity contribution in [2.75, 3.05) is 13.7 Å². The summed E-state index contributed by atoms with van der Waals surface area (Å²) < 4.78 is 10.8. The Bertz CT molecular complexity index is 546. The van der Waals surface area contributed by atoms with Gasteiger partial charge in [0.1, 0.15) is 6.10 Å². The van der Waals surface area contributed by atoms with Gasteiger partial charge in [0, 0.05) is 5.57 Å². The standard InChI is InChI=1S/C19H28O3/c1-9-15(13(3)20)16(12(2)18-11-22-18)10-17(14(4)21-8)19(5,6)7/h9-10,18,20H,1-2,11H2,3-8H3/b15-13-,16-10+,17-14-/t18-/m1/s1. The number of allylic oxidation sites excluding steroid dienone is 6. The molecule has 0 aromatic carbocycles. The van der Waals surface area contributed by atoms with Gasteiger partial charge in [-0.15, -0.1) is 0 Å². The lowest BCUT2D eigenvalue weighted by atomic mass is 9.82. The van der Waals surface area contributed by atoms with Crippen LogP contribution in [0.3, 0.4) is 0 Å². The first-order chi connectivity index (χ1) is 10.1. The van der Waals surface area contributed by atoms with Crippen LogP contribution in [0.25, 0.3) is 0 Å². The van der Waals surface area contributed by atoms with Crippen LogP contribution in [0, 0.1) is 5.41 Å². The van der Waals surface area contributed by atoms with Gasteiger partial charge < -0.3 is 14.6 Å². The van der Waals surface area contributed by atoms with Gasteiger partial charge in [-0.2, -0.15) is 0 Å². The van der Waals surface area contributed by atoms with Gasteiger partial charge in [-0.05, 0) is 42.1 Å². The van der Waals surface area contributed by atoms with Crippen molar-refractivity contribution in [3.05, 3.63) is 59.1 Å². The number of hydrogen-bond donors (Lipinski definition) is 1. The minimum Gasteiger partial charge on any atom is -0.512 e. The fourth-order valence-electron chi connectivity index (χ4n) is 2.32. The molecular formula is C19H28O3. The summed E-state index contributed by atoms with van der Waals surface area (Å²) in [5.74, 6) is 1.06. The Morgan fingerprint density at radius 2 is 1.86 bits per heavy atom. The van der Waals surface area contributed by atoms with E-state index < -0.39 is 0 Å². The summed E-state index contributed by atoms with van der Waals surface area (Å²) in [7, 11) is 1.66. The number of rotatable bonds is 6. The first-order valence-electron chi connectivity index (χ1n) is 7.44. The molecule has 0 unspecified atom stereocenters. The molecule has 1 N–H and O–H groups in total. The SMILES string of the molecule is C=CC(=C(\C)O)/C(=C/C(=C(\C)OC)C(C)(C)C)C(=C)[C@H]1CO1. The number of hydrogen-bond acceptors (Lipinski definition) is 3. The van der Waals surface area contributed by atoms with Gasteiger partial charge in [-0.25, -0.2) is 0 Å². The molecule has 0 amide bonds. The zero-order valence-corrected chi connectivity index (χ0v) is 14.6. The second-order valence-corrected chi connectivity index (χ2v) is 6.53. The third kappa shape index (κ3) is 4.38. The lowest BCUT2D eigenvalue weighted by Gasteiger charge is -2.24. The largest absolute Gasteiger partial charge is 0.512 e. The molecule has 0 aromatic heterocycles. The highest BCUT2D eigenvalue weighted by Gasteiger charge is 2.30. The molecule has 3 heteroatoms. The van der Waals surface area contributed by atoms with Gasteiger partial charge in [0.15, 0.2) is 0 Å². The lowest BCUT2D eigenvalue weighted by molar-refractivity contribution is 0.279. The zero-order chi connectivity index (χ0) is 17.1. The summed E-state index contributed by atoms with van der Waals surface area (Å²) in [6.07, 6.45) is 3.70. The molecule has 1 saturated heterocycles.